The molecule has 1 spiro atoms. The molecular formula is C32H37F3N2O4. The van der Waals surface area contributed by atoms with E-state index in [4.69, 9.17) is 9.57 Å². The van der Waals surface area contributed by atoms with E-state index >= 15 is 0 Å². The molecule has 0 unspecified atom stereocenters. The Bertz CT molecular complexity index is 1310. The summed E-state index contributed by atoms with van der Waals surface area (Å²) in [5.74, 6) is 0.186. The molecule has 2 aliphatic heterocycles. The number of oxime groups is 1. The van der Waals surface area contributed by atoms with Gasteiger partial charge in [0, 0.05) is 44.0 Å². The summed E-state index contributed by atoms with van der Waals surface area (Å²) in [7, 11) is 0. The number of ether oxygens (including phenoxy) is 1. The summed E-state index contributed by atoms with van der Waals surface area (Å²) in [6.45, 7) is 3.89. The summed E-state index contributed by atoms with van der Waals surface area (Å²) in [6, 6.07) is 10.4. The van der Waals surface area contributed by atoms with Crippen molar-refractivity contribution in [1.82, 2.24) is 4.90 Å². The maximum absolute atomic E-state index is 13.7. The SMILES string of the molecule is CC1(C(=O)O)CCC(C2=NOC3(C2)CN(Cc2cc(OCCC(F)F)c(-c4ccc(F)cc4)c(C4CC4)c2)C3)CC1. The smallest absolute Gasteiger partial charge is 0.309 e. The zero-order valence-corrected chi connectivity index (χ0v) is 23.4. The van der Waals surface area contributed by atoms with Gasteiger partial charge in [-0.1, -0.05) is 23.4 Å². The van der Waals surface area contributed by atoms with Gasteiger partial charge in [-0.3, -0.25) is 9.69 Å². The molecule has 220 valence electrons. The van der Waals surface area contributed by atoms with Crippen LogP contribution in [-0.4, -0.2) is 53.4 Å². The molecule has 0 radical (unpaired) electrons. The van der Waals surface area contributed by atoms with Crippen molar-refractivity contribution < 1.29 is 32.6 Å². The summed E-state index contributed by atoms with van der Waals surface area (Å²) in [6.07, 6.45) is 3.05. The minimum Gasteiger partial charge on any atom is -0.493 e. The third-order valence-corrected chi connectivity index (χ3v) is 9.30. The van der Waals surface area contributed by atoms with Crippen LogP contribution in [0.2, 0.25) is 0 Å². The van der Waals surface area contributed by atoms with E-state index in [0.717, 1.165) is 73.2 Å². The number of carboxylic acids is 1. The molecule has 2 aliphatic carbocycles. The fourth-order valence-corrected chi connectivity index (χ4v) is 6.68. The van der Waals surface area contributed by atoms with Crippen LogP contribution in [0.3, 0.4) is 0 Å². The number of carboxylic acid groups (broad SMARTS) is 1. The van der Waals surface area contributed by atoms with E-state index in [2.05, 4.69) is 16.1 Å². The Labute approximate surface area is 238 Å². The molecule has 4 aliphatic rings. The Hall–Kier alpha value is -3.07. The van der Waals surface area contributed by atoms with Crippen molar-refractivity contribution in [2.24, 2.45) is 16.5 Å². The molecule has 2 heterocycles. The molecular weight excluding hydrogens is 533 g/mol. The van der Waals surface area contributed by atoms with Gasteiger partial charge >= 0.3 is 5.97 Å². The van der Waals surface area contributed by atoms with Gasteiger partial charge < -0.3 is 14.7 Å². The average molecular weight is 571 g/mol. The van der Waals surface area contributed by atoms with E-state index in [1.165, 1.54) is 12.1 Å². The maximum atomic E-state index is 13.7. The Morgan fingerprint density at radius 2 is 1.83 bits per heavy atom. The van der Waals surface area contributed by atoms with Crippen molar-refractivity contribution in [1.29, 1.82) is 0 Å². The predicted octanol–water partition coefficient (Wildman–Crippen LogP) is 7.02. The minimum atomic E-state index is -2.44. The predicted molar refractivity (Wildman–Crippen MR) is 149 cm³/mol. The molecule has 3 fully saturated rings. The lowest BCUT2D eigenvalue weighted by atomic mass is 9.69. The van der Waals surface area contributed by atoms with E-state index in [9.17, 15) is 23.1 Å². The number of benzene rings is 2. The summed E-state index contributed by atoms with van der Waals surface area (Å²) in [4.78, 5) is 19.9. The number of nitrogens with zero attached hydrogens (tertiary/aromatic N) is 2. The molecule has 9 heteroatoms. The first kappa shape index (κ1) is 28.1. The van der Waals surface area contributed by atoms with Crippen LogP contribution in [0.1, 0.15) is 75.3 Å². The molecule has 0 bridgehead atoms. The van der Waals surface area contributed by atoms with Gasteiger partial charge in [-0.25, -0.2) is 13.2 Å². The molecule has 0 amide bonds. The van der Waals surface area contributed by atoms with Gasteiger partial charge in [0.05, 0.1) is 17.7 Å². The van der Waals surface area contributed by atoms with Crippen molar-refractivity contribution in [3.05, 3.63) is 53.3 Å². The van der Waals surface area contributed by atoms with Crippen molar-refractivity contribution in [3.63, 3.8) is 0 Å². The van der Waals surface area contributed by atoms with Crippen LogP contribution in [0.15, 0.2) is 41.6 Å². The first-order chi connectivity index (χ1) is 19.6. The Kier molecular flexibility index (Phi) is 7.51. The first-order valence-corrected chi connectivity index (χ1v) is 14.7. The quantitative estimate of drug-likeness (QED) is 0.333. The van der Waals surface area contributed by atoms with Gasteiger partial charge in [-0.15, -0.1) is 0 Å². The Morgan fingerprint density at radius 3 is 2.46 bits per heavy atom. The Morgan fingerprint density at radius 1 is 1.12 bits per heavy atom. The topological polar surface area (TPSA) is 71.4 Å². The first-order valence-electron chi connectivity index (χ1n) is 14.7. The number of aliphatic carboxylic acids is 1. The largest absolute Gasteiger partial charge is 0.493 e. The second-order valence-electron chi connectivity index (χ2n) is 12.7. The van der Waals surface area contributed by atoms with Crippen LogP contribution in [0.5, 0.6) is 5.75 Å². The Balaban J connectivity index is 1.13. The van der Waals surface area contributed by atoms with E-state index < -0.39 is 17.8 Å². The van der Waals surface area contributed by atoms with Crippen LogP contribution < -0.4 is 4.74 Å². The third-order valence-electron chi connectivity index (χ3n) is 9.30. The highest BCUT2D eigenvalue weighted by atomic mass is 19.3. The average Bonchev–Trinajstić information content (AvgIpc) is 3.68. The molecule has 0 aromatic heterocycles. The number of alkyl halides is 2. The molecule has 2 aromatic rings. The van der Waals surface area contributed by atoms with Crippen LogP contribution in [-0.2, 0) is 16.2 Å². The third kappa shape index (κ3) is 5.96. The maximum Gasteiger partial charge on any atom is 0.309 e. The number of likely N-dealkylation sites (tertiary alicyclic amines) is 1. The zero-order valence-electron chi connectivity index (χ0n) is 23.4. The fraction of sp³-hybridized carbons (Fsp3) is 0.562. The van der Waals surface area contributed by atoms with E-state index in [1.807, 2.05) is 13.0 Å². The van der Waals surface area contributed by atoms with E-state index in [-0.39, 0.29) is 30.4 Å². The normalized spacial score (nSPS) is 25.6. The molecule has 6 nitrogen and oxygen atoms in total. The van der Waals surface area contributed by atoms with Gasteiger partial charge in [-0.05, 0) is 86.3 Å². The molecule has 1 saturated heterocycles. The van der Waals surface area contributed by atoms with Crippen molar-refractivity contribution in [3.8, 4) is 16.9 Å². The van der Waals surface area contributed by atoms with Gasteiger partial charge in [0.1, 0.15) is 11.6 Å². The second-order valence-corrected chi connectivity index (χ2v) is 12.7. The fourth-order valence-electron chi connectivity index (χ4n) is 6.68. The monoisotopic (exact) mass is 570 g/mol. The van der Waals surface area contributed by atoms with Crippen LogP contribution in [0.25, 0.3) is 11.1 Å². The number of rotatable bonds is 10. The standard InChI is InChI=1S/C32H37F3N2O4/c1-31(30(38)39)11-8-22(9-12-31)26-16-32(41-36-26)18-37(19-32)17-20-14-25(21-2-3-21)29(23-4-6-24(33)7-5-23)27(15-20)40-13-10-28(34)35/h4-7,14-15,21-22,28H,2-3,8-13,16-19H2,1H3,(H,38,39). The molecule has 41 heavy (non-hydrogen) atoms. The summed E-state index contributed by atoms with van der Waals surface area (Å²) in [5, 5.41) is 14.0. The molecule has 2 aromatic carbocycles. The second kappa shape index (κ2) is 11.0. The number of hydrogen-bond acceptors (Lipinski definition) is 5. The highest BCUT2D eigenvalue weighted by molar-refractivity contribution is 5.89. The number of hydrogen-bond donors (Lipinski definition) is 1. The summed E-state index contributed by atoms with van der Waals surface area (Å²) < 4.78 is 45.5. The highest BCUT2D eigenvalue weighted by Crippen LogP contribution is 2.49. The zero-order chi connectivity index (χ0) is 28.8. The van der Waals surface area contributed by atoms with Gasteiger partial charge in [-0.2, -0.15) is 0 Å². The lowest BCUT2D eigenvalue weighted by molar-refractivity contribution is -0.150. The minimum absolute atomic E-state index is 0.0903. The van der Waals surface area contributed by atoms with Crippen molar-refractivity contribution in [2.45, 2.75) is 82.8 Å². The van der Waals surface area contributed by atoms with Crippen LogP contribution in [0, 0.1) is 17.2 Å². The lowest BCUT2D eigenvalue weighted by Gasteiger charge is -2.45. The number of halogens is 3. The number of carbonyl (C=O) groups is 1. The molecule has 6 rings (SSSR count). The van der Waals surface area contributed by atoms with Crippen LogP contribution >= 0.6 is 0 Å². The highest BCUT2D eigenvalue weighted by Gasteiger charge is 2.51. The summed E-state index contributed by atoms with van der Waals surface area (Å²) in [5.41, 5.74) is 3.97. The van der Waals surface area contributed by atoms with Crippen molar-refractivity contribution in [2.75, 3.05) is 19.7 Å². The van der Waals surface area contributed by atoms with Crippen molar-refractivity contribution >= 4 is 11.7 Å². The molecule has 2 saturated carbocycles. The van der Waals surface area contributed by atoms with Gasteiger partial charge in [0.25, 0.3) is 0 Å². The van der Waals surface area contributed by atoms with Gasteiger partial charge in [0.2, 0.25) is 6.43 Å². The van der Waals surface area contributed by atoms with Crippen LogP contribution in [0.4, 0.5) is 13.2 Å². The molecule has 0 atom stereocenters. The van der Waals surface area contributed by atoms with Gasteiger partial charge in [0.15, 0.2) is 5.60 Å². The lowest BCUT2D eigenvalue weighted by Crippen LogP contribution is -2.61. The molecule has 1 N–H and O–H groups in total. The van der Waals surface area contributed by atoms with E-state index in [1.54, 1.807) is 12.1 Å². The summed E-state index contributed by atoms with van der Waals surface area (Å²) >= 11 is 0. The van der Waals surface area contributed by atoms with E-state index in [0.29, 0.717) is 31.1 Å².